The molecule has 1 unspecified atom stereocenters. The fraction of sp³-hybridized carbons (Fsp3) is 0.217. The number of aryl methyl sites for hydroxylation is 1. The van der Waals surface area contributed by atoms with Crippen molar-refractivity contribution >= 4 is 73.2 Å². The van der Waals surface area contributed by atoms with Gasteiger partial charge in [-0.1, -0.05) is 68.3 Å². The summed E-state index contributed by atoms with van der Waals surface area (Å²) in [6.45, 7) is 4.07. The van der Waals surface area contributed by atoms with E-state index < -0.39 is 0 Å². The topological polar surface area (TPSA) is 142 Å². The summed E-state index contributed by atoms with van der Waals surface area (Å²) in [6, 6.07) is 14.6. The molecular formula is C23H23BrN8O2S3. The smallest absolute Gasteiger partial charge is 0.301 e. The van der Waals surface area contributed by atoms with Gasteiger partial charge < -0.3 is 14.8 Å². The maximum atomic E-state index is 8.08. The predicted octanol–water partition coefficient (Wildman–Crippen LogP) is 6.35. The van der Waals surface area contributed by atoms with E-state index in [0.29, 0.717) is 17.3 Å². The van der Waals surface area contributed by atoms with E-state index in [1.54, 1.807) is 11.8 Å². The van der Waals surface area contributed by atoms with Gasteiger partial charge in [-0.25, -0.2) is 0 Å². The standard InChI is InChI=1S/C23H23BrN8O2S3/c1-3-35-17(19-30-31-22(37-19)28-21(26)33-16-10-4-13(2)5-11-16)12-18-29-32-23(36-18)34-20(25)27-15-8-6-14(24)7-9-15/h4-11,17H,3,12H2,1-2H3,(H2,25,27)(H2,26,28,31). The highest BCUT2D eigenvalue weighted by atomic mass is 79.9. The molecule has 2 aromatic carbocycles. The van der Waals surface area contributed by atoms with Crippen LogP contribution in [-0.4, -0.2) is 38.2 Å². The Kier molecular flexibility index (Phi) is 9.44. The molecule has 10 nitrogen and oxygen atoms in total. The second-order valence-corrected chi connectivity index (χ2v) is 11.9. The third kappa shape index (κ3) is 8.21. The monoisotopic (exact) mass is 618 g/mol. The van der Waals surface area contributed by atoms with E-state index in [1.807, 2.05) is 55.5 Å². The average molecular weight is 620 g/mol. The number of ether oxygens (including phenoxy) is 2. The predicted molar refractivity (Wildman–Crippen MR) is 154 cm³/mol. The Labute approximate surface area is 234 Å². The summed E-state index contributed by atoms with van der Waals surface area (Å²) in [5, 5.41) is 41.0. The van der Waals surface area contributed by atoms with Crippen LogP contribution in [0.25, 0.3) is 0 Å². The van der Waals surface area contributed by atoms with Gasteiger partial charge in [0.15, 0.2) is 0 Å². The van der Waals surface area contributed by atoms with Crippen LogP contribution in [0.2, 0.25) is 0 Å². The Hall–Kier alpha value is -3.07. The largest absolute Gasteiger partial charge is 0.426 e. The van der Waals surface area contributed by atoms with Crippen molar-refractivity contribution in [1.29, 1.82) is 10.8 Å². The van der Waals surface area contributed by atoms with Crippen molar-refractivity contribution in [3.8, 4) is 10.9 Å². The summed E-state index contributed by atoms with van der Waals surface area (Å²) in [4.78, 5) is 0. The molecular weight excluding hydrogens is 596 g/mol. The van der Waals surface area contributed by atoms with E-state index in [9.17, 15) is 0 Å². The van der Waals surface area contributed by atoms with E-state index in [2.05, 4.69) is 53.9 Å². The van der Waals surface area contributed by atoms with Crippen molar-refractivity contribution in [3.05, 3.63) is 68.6 Å². The molecule has 0 radical (unpaired) electrons. The normalized spacial score (nSPS) is 11.5. The number of halogens is 1. The molecule has 1 atom stereocenters. The lowest BCUT2D eigenvalue weighted by Crippen LogP contribution is -2.17. The van der Waals surface area contributed by atoms with Gasteiger partial charge in [-0.3, -0.25) is 16.1 Å². The average Bonchev–Trinajstić information content (AvgIpc) is 3.51. The van der Waals surface area contributed by atoms with Crippen LogP contribution < -0.4 is 20.1 Å². The molecule has 4 N–H and O–H groups in total. The Balaban J connectivity index is 1.33. The van der Waals surface area contributed by atoms with Crippen LogP contribution >= 0.6 is 50.4 Å². The van der Waals surface area contributed by atoms with E-state index in [1.165, 1.54) is 22.7 Å². The second-order valence-electron chi connectivity index (χ2n) is 7.49. The van der Waals surface area contributed by atoms with E-state index in [0.717, 1.165) is 31.5 Å². The number of nitrogens with zero attached hydrogens (tertiary/aromatic N) is 4. The first-order valence-corrected chi connectivity index (χ1v) is 14.5. The number of amidine groups is 2. The lowest BCUT2D eigenvalue weighted by Gasteiger charge is -2.10. The van der Waals surface area contributed by atoms with Gasteiger partial charge >= 0.3 is 5.19 Å². The minimum atomic E-state index is -0.139. The van der Waals surface area contributed by atoms with Gasteiger partial charge in [0.2, 0.25) is 5.13 Å². The lowest BCUT2D eigenvalue weighted by molar-refractivity contribution is 0.531. The van der Waals surface area contributed by atoms with Crippen molar-refractivity contribution in [1.82, 2.24) is 20.4 Å². The number of anilines is 2. The van der Waals surface area contributed by atoms with Crippen LogP contribution in [0.3, 0.4) is 0 Å². The SMILES string of the molecule is CCSC(Cc1nnc(OC(=N)Nc2ccc(Br)cc2)s1)c1nnc(NC(=N)Oc2ccc(C)cc2)s1. The van der Waals surface area contributed by atoms with Gasteiger partial charge in [0.25, 0.3) is 12.0 Å². The van der Waals surface area contributed by atoms with Crippen molar-refractivity contribution in [2.45, 2.75) is 25.5 Å². The first-order chi connectivity index (χ1) is 17.9. The molecule has 2 aromatic heterocycles. The van der Waals surface area contributed by atoms with Crippen LogP contribution in [0.5, 0.6) is 10.9 Å². The highest BCUT2D eigenvalue weighted by Gasteiger charge is 2.21. The molecule has 37 heavy (non-hydrogen) atoms. The van der Waals surface area contributed by atoms with Gasteiger partial charge in [-0.2, -0.15) is 11.8 Å². The third-order valence-electron chi connectivity index (χ3n) is 4.65. The van der Waals surface area contributed by atoms with Crippen molar-refractivity contribution in [2.75, 3.05) is 16.4 Å². The summed E-state index contributed by atoms with van der Waals surface area (Å²) >= 11 is 7.75. The number of hydrogen-bond donors (Lipinski definition) is 4. The minimum Gasteiger partial charge on any atom is -0.426 e. The minimum absolute atomic E-state index is 0.00592. The molecule has 2 heterocycles. The van der Waals surface area contributed by atoms with Crippen molar-refractivity contribution < 1.29 is 9.47 Å². The molecule has 0 aliphatic rings. The van der Waals surface area contributed by atoms with Gasteiger partial charge in [0.05, 0.1) is 5.25 Å². The molecule has 0 fully saturated rings. The number of benzene rings is 2. The highest BCUT2D eigenvalue weighted by molar-refractivity contribution is 9.10. The Morgan fingerprint density at radius 2 is 1.68 bits per heavy atom. The van der Waals surface area contributed by atoms with Gasteiger partial charge in [-0.05, 0) is 49.1 Å². The first-order valence-electron chi connectivity index (χ1n) is 11.0. The molecule has 0 aliphatic carbocycles. The molecule has 0 amide bonds. The second kappa shape index (κ2) is 12.9. The highest BCUT2D eigenvalue weighted by Crippen LogP contribution is 2.36. The summed E-state index contributed by atoms with van der Waals surface area (Å²) < 4.78 is 12.0. The molecule has 0 aliphatic heterocycles. The molecule has 0 saturated heterocycles. The summed E-state index contributed by atoms with van der Waals surface area (Å²) in [5.74, 6) is 1.45. The van der Waals surface area contributed by atoms with E-state index in [-0.39, 0.29) is 22.5 Å². The Bertz CT molecular complexity index is 1340. The van der Waals surface area contributed by atoms with E-state index >= 15 is 0 Å². The zero-order valence-corrected chi connectivity index (χ0v) is 23.9. The van der Waals surface area contributed by atoms with Crippen LogP contribution in [0.1, 0.15) is 27.8 Å². The lowest BCUT2D eigenvalue weighted by atomic mass is 10.2. The molecule has 14 heteroatoms. The van der Waals surface area contributed by atoms with Crippen molar-refractivity contribution in [3.63, 3.8) is 0 Å². The maximum absolute atomic E-state index is 8.08. The Morgan fingerprint density at radius 1 is 0.946 bits per heavy atom. The zero-order chi connectivity index (χ0) is 26.2. The summed E-state index contributed by atoms with van der Waals surface area (Å²) in [6.07, 6.45) is 0.582. The first kappa shape index (κ1) is 27.0. The number of thioether (sulfide) groups is 1. The van der Waals surface area contributed by atoms with Gasteiger partial charge in [0.1, 0.15) is 15.8 Å². The molecule has 0 spiro atoms. The Morgan fingerprint density at radius 3 is 2.41 bits per heavy atom. The van der Waals surface area contributed by atoms with Crippen LogP contribution in [0, 0.1) is 17.7 Å². The zero-order valence-electron chi connectivity index (χ0n) is 19.8. The van der Waals surface area contributed by atoms with Crippen LogP contribution in [-0.2, 0) is 6.42 Å². The molecule has 0 bridgehead atoms. The quantitative estimate of drug-likeness (QED) is 0.125. The van der Waals surface area contributed by atoms with Gasteiger partial charge in [0, 0.05) is 16.6 Å². The summed E-state index contributed by atoms with van der Waals surface area (Å²) in [7, 11) is 0. The van der Waals surface area contributed by atoms with Crippen LogP contribution in [0.4, 0.5) is 10.8 Å². The third-order valence-corrected chi connectivity index (χ3v) is 8.22. The number of hydrogen-bond acceptors (Lipinski definition) is 11. The van der Waals surface area contributed by atoms with E-state index in [4.69, 9.17) is 20.3 Å². The molecule has 192 valence electrons. The number of nitrogens with one attached hydrogen (secondary N) is 4. The van der Waals surface area contributed by atoms with Crippen molar-refractivity contribution in [2.24, 2.45) is 0 Å². The maximum Gasteiger partial charge on any atom is 0.301 e. The molecule has 0 saturated carbocycles. The number of aromatic nitrogens is 4. The van der Waals surface area contributed by atoms with Gasteiger partial charge in [-0.15, -0.1) is 15.3 Å². The van der Waals surface area contributed by atoms with Crippen LogP contribution in [0.15, 0.2) is 53.0 Å². The summed E-state index contributed by atoms with van der Waals surface area (Å²) in [5.41, 5.74) is 1.85. The molecule has 4 rings (SSSR count). The number of rotatable bonds is 9. The fourth-order valence-electron chi connectivity index (χ4n) is 2.98. The molecule has 4 aromatic rings. The fourth-order valence-corrected chi connectivity index (χ4v) is 6.02.